The van der Waals surface area contributed by atoms with Crippen LogP contribution in [0, 0.1) is 12.7 Å². The van der Waals surface area contributed by atoms with Crippen molar-refractivity contribution in [2.45, 2.75) is 13.0 Å². The van der Waals surface area contributed by atoms with E-state index < -0.39 is 12.0 Å². The molecular weight excluding hydrogens is 387 g/mol. The second-order valence-corrected chi connectivity index (χ2v) is 7.19. The molecule has 1 fully saturated rings. The molecule has 0 radical (unpaired) electrons. The minimum Gasteiger partial charge on any atom is -0.367 e. The van der Waals surface area contributed by atoms with Crippen LogP contribution in [0.25, 0.3) is 16.9 Å². The van der Waals surface area contributed by atoms with Gasteiger partial charge in [-0.1, -0.05) is 23.8 Å². The van der Waals surface area contributed by atoms with Crippen LogP contribution in [-0.4, -0.2) is 52.3 Å². The Morgan fingerprint density at radius 1 is 1.20 bits per heavy atom. The van der Waals surface area contributed by atoms with Crippen LogP contribution >= 0.6 is 0 Å². The fourth-order valence-electron chi connectivity index (χ4n) is 3.44. The van der Waals surface area contributed by atoms with E-state index in [1.807, 2.05) is 31.2 Å². The topological polar surface area (TPSA) is 90.4 Å². The number of aromatic nitrogens is 2. The number of rotatable bonds is 4. The average molecular weight is 408 g/mol. The van der Waals surface area contributed by atoms with Crippen LogP contribution in [0.1, 0.15) is 15.9 Å². The number of halogens is 1. The lowest BCUT2D eigenvalue weighted by atomic mass is 10.0. The van der Waals surface area contributed by atoms with Crippen LogP contribution in [-0.2, 0) is 9.53 Å². The molecule has 1 saturated heterocycles. The Morgan fingerprint density at radius 2 is 1.97 bits per heavy atom. The summed E-state index contributed by atoms with van der Waals surface area (Å²) in [5.41, 5.74) is 8.69. The second-order valence-electron chi connectivity index (χ2n) is 7.19. The maximum absolute atomic E-state index is 13.4. The van der Waals surface area contributed by atoms with Gasteiger partial charge in [-0.05, 0) is 37.3 Å². The van der Waals surface area contributed by atoms with E-state index in [-0.39, 0.29) is 24.9 Å². The van der Waals surface area contributed by atoms with Crippen molar-refractivity contribution in [1.82, 2.24) is 14.7 Å². The monoisotopic (exact) mass is 408 g/mol. The number of nitrogens with two attached hydrogens (primary N) is 1. The fraction of sp³-hybridized carbons (Fsp3) is 0.227. The summed E-state index contributed by atoms with van der Waals surface area (Å²) >= 11 is 0. The molecular formula is C22H21FN4O3. The number of nitrogens with zero attached hydrogens (tertiary/aromatic N) is 3. The van der Waals surface area contributed by atoms with Gasteiger partial charge in [0, 0.05) is 18.3 Å². The molecule has 0 bridgehead atoms. The number of carbonyl (C=O) groups excluding carboxylic acids is 2. The molecule has 8 heteroatoms. The molecule has 0 spiro atoms. The number of morpholine rings is 1. The Kier molecular flexibility index (Phi) is 5.33. The highest BCUT2D eigenvalue weighted by Crippen LogP contribution is 2.26. The number of ether oxygens (including phenoxy) is 1. The smallest absolute Gasteiger partial charge is 0.257 e. The van der Waals surface area contributed by atoms with Gasteiger partial charge >= 0.3 is 0 Å². The third-order valence-corrected chi connectivity index (χ3v) is 5.00. The van der Waals surface area contributed by atoms with Gasteiger partial charge in [-0.3, -0.25) is 9.59 Å². The van der Waals surface area contributed by atoms with Crippen LogP contribution in [0.5, 0.6) is 0 Å². The van der Waals surface area contributed by atoms with Crippen LogP contribution in [0.3, 0.4) is 0 Å². The summed E-state index contributed by atoms with van der Waals surface area (Å²) in [5, 5.41) is 4.62. The predicted molar refractivity (Wildman–Crippen MR) is 109 cm³/mol. The van der Waals surface area contributed by atoms with Gasteiger partial charge in [0.2, 0.25) is 5.91 Å². The lowest BCUT2D eigenvalue weighted by molar-refractivity contribution is -0.133. The molecule has 2 amide bonds. The quantitative estimate of drug-likeness (QED) is 0.717. The minimum atomic E-state index is -0.836. The SMILES string of the molecule is Cc1cccc(-c2nn(-c3ccc(F)cc3)cc2C(=O)N2CCOC(C(N)=O)C2)c1. The number of hydrogen-bond acceptors (Lipinski definition) is 4. The van der Waals surface area contributed by atoms with Gasteiger partial charge in [0.05, 0.1) is 24.4 Å². The Hall–Kier alpha value is -3.52. The first-order valence-electron chi connectivity index (χ1n) is 9.55. The molecule has 3 aromatic rings. The van der Waals surface area contributed by atoms with Crippen molar-refractivity contribution in [2.75, 3.05) is 19.7 Å². The number of aryl methyl sites for hydroxylation is 1. The number of amides is 2. The average Bonchev–Trinajstić information content (AvgIpc) is 3.19. The van der Waals surface area contributed by atoms with Crippen molar-refractivity contribution in [2.24, 2.45) is 5.73 Å². The molecule has 2 N–H and O–H groups in total. The Morgan fingerprint density at radius 3 is 2.67 bits per heavy atom. The number of benzene rings is 2. The summed E-state index contributed by atoms with van der Waals surface area (Å²) in [7, 11) is 0. The van der Waals surface area contributed by atoms with E-state index in [1.165, 1.54) is 12.1 Å². The zero-order valence-corrected chi connectivity index (χ0v) is 16.4. The second kappa shape index (κ2) is 8.08. The van der Waals surface area contributed by atoms with Crippen LogP contribution < -0.4 is 5.73 Å². The summed E-state index contributed by atoms with van der Waals surface area (Å²) in [6.45, 7) is 2.62. The van der Waals surface area contributed by atoms with Crippen molar-refractivity contribution >= 4 is 11.8 Å². The molecule has 7 nitrogen and oxygen atoms in total. The van der Waals surface area contributed by atoms with Crippen molar-refractivity contribution in [3.8, 4) is 16.9 Å². The summed E-state index contributed by atoms with van der Waals surface area (Å²) in [5.74, 6) is -1.23. The van der Waals surface area contributed by atoms with E-state index in [0.29, 0.717) is 23.5 Å². The van der Waals surface area contributed by atoms with Gasteiger partial charge in [0.15, 0.2) is 6.10 Å². The molecule has 30 heavy (non-hydrogen) atoms. The summed E-state index contributed by atoms with van der Waals surface area (Å²) < 4.78 is 20.2. The molecule has 1 atom stereocenters. The first-order valence-corrected chi connectivity index (χ1v) is 9.55. The van der Waals surface area contributed by atoms with Crippen molar-refractivity contribution in [3.05, 3.63) is 71.7 Å². The summed E-state index contributed by atoms with van der Waals surface area (Å²) in [6.07, 6.45) is 0.791. The highest BCUT2D eigenvalue weighted by Gasteiger charge is 2.30. The fourth-order valence-corrected chi connectivity index (χ4v) is 3.44. The molecule has 1 aliphatic rings. The van der Waals surface area contributed by atoms with E-state index in [9.17, 15) is 14.0 Å². The third kappa shape index (κ3) is 3.95. The van der Waals surface area contributed by atoms with Gasteiger partial charge in [-0.15, -0.1) is 0 Å². The highest BCUT2D eigenvalue weighted by molar-refractivity contribution is 6.00. The van der Waals surface area contributed by atoms with Gasteiger partial charge in [-0.2, -0.15) is 5.10 Å². The molecule has 2 heterocycles. The summed E-state index contributed by atoms with van der Waals surface area (Å²) in [6, 6.07) is 13.5. The van der Waals surface area contributed by atoms with Crippen LogP contribution in [0.15, 0.2) is 54.7 Å². The van der Waals surface area contributed by atoms with E-state index >= 15 is 0 Å². The molecule has 1 aliphatic heterocycles. The van der Waals surface area contributed by atoms with Crippen molar-refractivity contribution < 1.29 is 18.7 Å². The molecule has 0 saturated carbocycles. The lowest BCUT2D eigenvalue weighted by Crippen LogP contribution is -2.50. The predicted octanol–water partition coefficient (Wildman–Crippen LogP) is 2.31. The first kappa shape index (κ1) is 19.8. The number of hydrogen-bond donors (Lipinski definition) is 1. The normalized spacial score (nSPS) is 16.5. The Bertz CT molecular complexity index is 1090. The number of carbonyl (C=O) groups is 2. The molecule has 1 unspecified atom stereocenters. The molecule has 4 rings (SSSR count). The molecule has 154 valence electrons. The van der Waals surface area contributed by atoms with Crippen LogP contribution in [0.2, 0.25) is 0 Å². The zero-order chi connectivity index (χ0) is 21.3. The number of primary amides is 1. The largest absolute Gasteiger partial charge is 0.367 e. The lowest BCUT2D eigenvalue weighted by Gasteiger charge is -2.31. The van der Waals surface area contributed by atoms with E-state index in [1.54, 1.807) is 27.9 Å². The van der Waals surface area contributed by atoms with Gasteiger partial charge in [-0.25, -0.2) is 9.07 Å². The minimum absolute atomic E-state index is 0.0865. The molecule has 2 aromatic carbocycles. The van der Waals surface area contributed by atoms with Gasteiger partial charge in [0.25, 0.3) is 5.91 Å². The van der Waals surface area contributed by atoms with E-state index in [2.05, 4.69) is 5.10 Å². The molecule has 0 aliphatic carbocycles. The first-order chi connectivity index (χ1) is 14.4. The standard InChI is InChI=1S/C22H21FN4O3/c1-14-3-2-4-15(11-14)20-18(12-27(25-20)17-7-5-16(23)6-8-17)22(29)26-9-10-30-19(13-26)21(24)28/h2-8,11-12,19H,9-10,13H2,1H3,(H2,24,28). The van der Waals surface area contributed by atoms with Crippen molar-refractivity contribution in [3.63, 3.8) is 0 Å². The van der Waals surface area contributed by atoms with Crippen molar-refractivity contribution in [1.29, 1.82) is 0 Å². The third-order valence-electron chi connectivity index (χ3n) is 5.00. The van der Waals surface area contributed by atoms with Crippen LogP contribution in [0.4, 0.5) is 4.39 Å². The maximum atomic E-state index is 13.4. The summed E-state index contributed by atoms with van der Waals surface area (Å²) in [4.78, 5) is 26.4. The van der Waals surface area contributed by atoms with E-state index in [4.69, 9.17) is 10.5 Å². The Labute approximate surface area is 172 Å². The zero-order valence-electron chi connectivity index (χ0n) is 16.4. The van der Waals surface area contributed by atoms with E-state index in [0.717, 1.165) is 11.1 Å². The molecule has 1 aromatic heterocycles. The van der Waals surface area contributed by atoms with Gasteiger partial charge < -0.3 is 15.4 Å². The highest BCUT2D eigenvalue weighted by atomic mass is 19.1. The van der Waals surface area contributed by atoms with Gasteiger partial charge in [0.1, 0.15) is 11.5 Å². The maximum Gasteiger partial charge on any atom is 0.257 e. The Balaban J connectivity index is 1.76.